The zero-order chi connectivity index (χ0) is 12.2. The van der Waals surface area contributed by atoms with E-state index in [0.29, 0.717) is 0 Å². The fourth-order valence-corrected chi connectivity index (χ4v) is 2.60. The Morgan fingerprint density at radius 2 is 1.88 bits per heavy atom. The van der Waals surface area contributed by atoms with E-state index in [1.165, 1.54) is 6.07 Å². The molecule has 3 heteroatoms. The van der Waals surface area contributed by atoms with Crippen molar-refractivity contribution in [1.29, 1.82) is 0 Å². The number of pyridine rings is 1. The van der Waals surface area contributed by atoms with Crippen LogP contribution in [0.5, 0.6) is 5.75 Å². The molecule has 0 saturated heterocycles. The molecule has 0 spiro atoms. The van der Waals surface area contributed by atoms with E-state index in [2.05, 4.69) is 13.8 Å². The molecule has 0 unspecified atom stereocenters. The zero-order valence-corrected chi connectivity index (χ0v) is 9.77. The molecular formula is C14H13NO2. The largest absolute Gasteiger partial charge is 0.508 e. The van der Waals surface area contributed by atoms with Gasteiger partial charge in [0.05, 0.1) is 5.69 Å². The van der Waals surface area contributed by atoms with E-state index in [-0.39, 0.29) is 16.7 Å². The van der Waals surface area contributed by atoms with E-state index in [1.807, 2.05) is 24.3 Å². The summed E-state index contributed by atoms with van der Waals surface area (Å²) in [5, 5.41) is 9.58. The van der Waals surface area contributed by atoms with Crippen LogP contribution in [0, 0.1) is 0 Å². The van der Waals surface area contributed by atoms with Crippen molar-refractivity contribution in [2.75, 3.05) is 0 Å². The highest BCUT2D eigenvalue weighted by molar-refractivity contribution is 5.57. The average molecular weight is 227 g/mol. The molecule has 0 fully saturated rings. The standard InChI is InChI=1S/C14H13NO2/c1-14(2)10-5-3-4-6-11(10)15-12(14)7-9(16)8-13(15)17/h3-8,16H,1-2H3. The van der Waals surface area contributed by atoms with Crippen LogP contribution in [-0.4, -0.2) is 9.67 Å². The summed E-state index contributed by atoms with van der Waals surface area (Å²) >= 11 is 0. The molecule has 17 heavy (non-hydrogen) atoms. The molecule has 0 atom stereocenters. The van der Waals surface area contributed by atoms with Crippen LogP contribution in [0.3, 0.4) is 0 Å². The van der Waals surface area contributed by atoms with Crippen molar-refractivity contribution in [3.63, 3.8) is 0 Å². The summed E-state index contributed by atoms with van der Waals surface area (Å²) < 4.78 is 1.68. The third-order valence-electron chi connectivity index (χ3n) is 3.48. The van der Waals surface area contributed by atoms with Gasteiger partial charge in [-0.3, -0.25) is 9.36 Å². The third-order valence-corrected chi connectivity index (χ3v) is 3.48. The summed E-state index contributed by atoms with van der Waals surface area (Å²) in [4.78, 5) is 12.0. The van der Waals surface area contributed by atoms with Gasteiger partial charge in [0.25, 0.3) is 5.56 Å². The molecular weight excluding hydrogens is 214 g/mol. The Hall–Kier alpha value is -2.03. The summed E-state index contributed by atoms with van der Waals surface area (Å²) in [6, 6.07) is 10.8. The molecule has 0 bridgehead atoms. The second kappa shape index (κ2) is 3.00. The highest BCUT2D eigenvalue weighted by Crippen LogP contribution is 2.41. The van der Waals surface area contributed by atoms with Crippen molar-refractivity contribution in [1.82, 2.24) is 4.57 Å². The van der Waals surface area contributed by atoms with Gasteiger partial charge in [0, 0.05) is 23.2 Å². The predicted molar refractivity (Wildman–Crippen MR) is 65.8 cm³/mol. The van der Waals surface area contributed by atoms with Gasteiger partial charge >= 0.3 is 0 Å². The van der Waals surface area contributed by atoms with Crippen molar-refractivity contribution in [2.24, 2.45) is 0 Å². The number of benzene rings is 1. The Morgan fingerprint density at radius 3 is 2.65 bits per heavy atom. The monoisotopic (exact) mass is 227 g/mol. The van der Waals surface area contributed by atoms with Crippen molar-refractivity contribution in [3.8, 4) is 11.4 Å². The van der Waals surface area contributed by atoms with E-state index in [4.69, 9.17) is 0 Å². The van der Waals surface area contributed by atoms with Crippen molar-refractivity contribution < 1.29 is 5.11 Å². The fraction of sp³-hybridized carbons (Fsp3) is 0.214. The number of fused-ring (bicyclic) bond motifs is 3. The Morgan fingerprint density at radius 1 is 1.18 bits per heavy atom. The van der Waals surface area contributed by atoms with Crippen LogP contribution in [0.4, 0.5) is 0 Å². The maximum absolute atomic E-state index is 12.0. The second-order valence-electron chi connectivity index (χ2n) is 4.91. The second-order valence-corrected chi connectivity index (χ2v) is 4.91. The van der Waals surface area contributed by atoms with Crippen LogP contribution in [0.15, 0.2) is 41.2 Å². The van der Waals surface area contributed by atoms with Crippen LogP contribution < -0.4 is 5.56 Å². The summed E-state index contributed by atoms with van der Waals surface area (Å²) in [5.74, 6) is 0.0298. The number of rotatable bonds is 0. The van der Waals surface area contributed by atoms with Gasteiger partial charge in [0.1, 0.15) is 5.75 Å². The van der Waals surface area contributed by atoms with Gasteiger partial charge in [-0.15, -0.1) is 0 Å². The maximum atomic E-state index is 12.0. The van der Waals surface area contributed by atoms with E-state index in [9.17, 15) is 9.90 Å². The summed E-state index contributed by atoms with van der Waals surface area (Å²) in [5.41, 5.74) is 2.43. The lowest BCUT2D eigenvalue weighted by Gasteiger charge is -2.19. The van der Waals surface area contributed by atoms with E-state index < -0.39 is 0 Å². The lowest BCUT2D eigenvalue weighted by atomic mass is 9.83. The minimum absolute atomic E-state index is 0.0298. The minimum Gasteiger partial charge on any atom is -0.508 e. The molecule has 2 aromatic rings. The van der Waals surface area contributed by atoms with Crippen LogP contribution >= 0.6 is 0 Å². The smallest absolute Gasteiger partial charge is 0.259 e. The van der Waals surface area contributed by atoms with Crippen molar-refractivity contribution in [2.45, 2.75) is 19.3 Å². The van der Waals surface area contributed by atoms with E-state index >= 15 is 0 Å². The number of hydrogen-bond donors (Lipinski definition) is 1. The third kappa shape index (κ3) is 1.19. The van der Waals surface area contributed by atoms with Crippen LogP contribution in [-0.2, 0) is 5.41 Å². The molecule has 0 saturated carbocycles. The number of aromatic hydroxyl groups is 1. The number of aromatic nitrogens is 1. The molecule has 3 rings (SSSR count). The van der Waals surface area contributed by atoms with Gasteiger partial charge < -0.3 is 5.11 Å². The molecule has 86 valence electrons. The molecule has 1 aliphatic heterocycles. The van der Waals surface area contributed by atoms with Gasteiger partial charge in [-0.25, -0.2) is 0 Å². The first kappa shape index (κ1) is 10.1. The molecule has 0 amide bonds. The minimum atomic E-state index is -0.255. The molecule has 1 aromatic carbocycles. The van der Waals surface area contributed by atoms with Gasteiger partial charge in [0.2, 0.25) is 0 Å². The number of hydrogen-bond acceptors (Lipinski definition) is 2. The highest BCUT2D eigenvalue weighted by atomic mass is 16.3. The molecule has 3 nitrogen and oxygen atoms in total. The predicted octanol–water partition coefficient (Wildman–Crippen LogP) is 2.18. The van der Waals surface area contributed by atoms with Gasteiger partial charge in [-0.05, 0) is 11.6 Å². The number of nitrogens with zero attached hydrogens (tertiary/aromatic N) is 1. The molecule has 0 radical (unpaired) electrons. The normalized spacial score (nSPS) is 15.4. The molecule has 1 N–H and O–H groups in total. The number of para-hydroxylation sites is 1. The first-order chi connectivity index (χ1) is 8.01. The molecule has 0 aliphatic carbocycles. The molecule has 2 heterocycles. The highest BCUT2D eigenvalue weighted by Gasteiger charge is 2.36. The molecule has 1 aliphatic rings. The Labute approximate surface area is 99.0 Å². The Bertz CT molecular complexity index is 668. The quantitative estimate of drug-likeness (QED) is 0.749. The van der Waals surface area contributed by atoms with Crippen molar-refractivity contribution in [3.05, 3.63) is 58.0 Å². The Balaban J connectivity index is 2.49. The van der Waals surface area contributed by atoms with Gasteiger partial charge in [-0.1, -0.05) is 32.0 Å². The van der Waals surface area contributed by atoms with Gasteiger partial charge in [-0.2, -0.15) is 0 Å². The first-order valence-electron chi connectivity index (χ1n) is 5.58. The lowest BCUT2D eigenvalue weighted by molar-refractivity contribution is 0.469. The van der Waals surface area contributed by atoms with E-state index in [1.54, 1.807) is 10.6 Å². The fourth-order valence-electron chi connectivity index (χ4n) is 2.60. The maximum Gasteiger partial charge on any atom is 0.259 e. The summed E-state index contributed by atoms with van der Waals surface area (Å²) in [7, 11) is 0. The average Bonchev–Trinajstić information content (AvgIpc) is 2.49. The van der Waals surface area contributed by atoms with Crippen LogP contribution in [0.2, 0.25) is 0 Å². The SMILES string of the molecule is CC1(C)c2ccccc2-n2c1cc(O)cc2=O. The van der Waals surface area contributed by atoms with Crippen LogP contribution in [0.1, 0.15) is 25.1 Å². The van der Waals surface area contributed by atoms with Crippen molar-refractivity contribution >= 4 is 0 Å². The Kier molecular flexibility index (Phi) is 1.79. The molecule has 1 aromatic heterocycles. The first-order valence-corrected chi connectivity index (χ1v) is 5.58. The lowest BCUT2D eigenvalue weighted by Crippen LogP contribution is -2.22. The zero-order valence-electron chi connectivity index (χ0n) is 9.77. The topological polar surface area (TPSA) is 42.2 Å². The van der Waals surface area contributed by atoms with Gasteiger partial charge in [0.15, 0.2) is 0 Å². The van der Waals surface area contributed by atoms with Crippen LogP contribution in [0.25, 0.3) is 5.69 Å². The van der Waals surface area contributed by atoms with E-state index in [0.717, 1.165) is 16.9 Å². The summed E-state index contributed by atoms with van der Waals surface area (Å²) in [6.07, 6.45) is 0. The summed E-state index contributed by atoms with van der Waals surface area (Å²) in [6.45, 7) is 4.12.